The van der Waals surface area contributed by atoms with Crippen LogP contribution in [-0.2, 0) is 10.8 Å². The van der Waals surface area contributed by atoms with Gasteiger partial charge in [-0.1, -0.05) is 108 Å². The van der Waals surface area contributed by atoms with Gasteiger partial charge in [-0.25, -0.2) is 0 Å². The van der Waals surface area contributed by atoms with Crippen molar-refractivity contribution in [3.05, 3.63) is 114 Å². The fourth-order valence-corrected chi connectivity index (χ4v) is 10.3. The molecule has 2 aliphatic heterocycles. The van der Waals surface area contributed by atoms with Crippen LogP contribution in [0.3, 0.4) is 0 Å². The maximum atomic E-state index is 2.72. The predicted octanol–water partition coefficient (Wildman–Crippen LogP) is 10.8. The van der Waals surface area contributed by atoms with Crippen LogP contribution in [0.1, 0.15) is 52.7 Å². The average Bonchev–Trinajstić information content (AvgIpc) is 3.71. The minimum Gasteiger partial charge on any atom is -0.375 e. The highest BCUT2D eigenvalue weighted by Crippen LogP contribution is 2.49. The molecule has 48 heavy (non-hydrogen) atoms. The van der Waals surface area contributed by atoms with E-state index in [4.69, 9.17) is 0 Å². The highest BCUT2D eigenvalue weighted by atomic mass is 32.1. The summed E-state index contributed by atoms with van der Waals surface area (Å²) in [4.78, 5) is 0. The SMILES string of the molecule is CC(C)(C)c1ccc2c(c1)c1cc(C(C)(C)C)cc3c1n2B1c2c-3cc3ccccc3c2-n2c3c1cccc3c1sc3ccccc3c12. The largest absolute Gasteiger partial charge is 0.375 e. The van der Waals surface area contributed by atoms with Crippen LogP contribution in [0.15, 0.2) is 103 Å². The molecule has 3 aromatic heterocycles. The highest BCUT2D eigenvalue weighted by Gasteiger charge is 2.43. The molecule has 11 rings (SSSR count). The van der Waals surface area contributed by atoms with Gasteiger partial charge in [0, 0.05) is 48.2 Å². The molecule has 0 unspecified atom stereocenters. The van der Waals surface area contributed by atoms with E-state index in [9.17, 15) is 0 Å². The monoisotopic (exact) mass is 634 g/mol. The average molecular weight is 635 g/mol. The fourth-order valence-electron chi connectivity index (χ4n) is 9.05. The summed E-state index contributed by atoms with van der Waals surface area (Å²) in [6.45, 7) is 14.1. The van der Waals surface area contributed by atoms with Gasteiger partial charge in [-0.2, -0.15) is 0 Å². The molecule has 0 bridgehead atoms. The number of rotatable bonds is 0. The predicted molar refractivity (Wildman–Crippen MR) is 210 cm³/mol. The molecule has 0 aliphatic carbocycles. The van der Waals surface area contributed by atoms with Crippen LogP contribution in [0.2, 0.25) is 0 Å². The van der Waals surface area contributed by atoms with Gasteiger partial charge < -0.3 is 9.05 Å². The minimum absolute atomic E-state index is 0.00938. The second kappa shape index (κ2) is 8.61. The first-order valence-electron chi connectivity index (χ1n) is 17.2. The van der Waals surface area contributed by atoms with Crippen molar-refractivity contribution in [2.45, 2.75) is 52.4 Å². The molecule has 2 nitrogen and oxygen atoms in total. The zero-order valence-electron chi connectivity index (χ0n) is 28.2. The van der Waals surface area contributed by atoms with Crippen LogP contribution in [0, 0.1) is 0 Å². The normalized spacial score (nSPS) is 14.0. The Balaban J connectivity index is 1.42. The second-order valence-electron chi connectivity index (χ2n) is 16.2. The Hall–Kier alpha value is -4.80. The van der Waals surface area contributed by atoms with Crippen molar-refractivity contribution in [2.24, 2.45) is 0 Å². The van der Waals surface area contributed by atoms with Gasteiger partial charge in [0.25, 0.3) is 0 Å². The Morgan fingerprint density at radius 3 is 2.10 bits per heavy atom. The molecular formula is C44H35BN2S. The van der Waals surface area contributed by atoms with Gasteiger partial charge in [0.05, 0.1) is 21.4 Å². The molecule has 0 N–H and O–H groups in total. The minimum atomic E-state index is 0.00938. The standard InChI is InChI=1S/C44H35BN2S/c1-43(2,3)25-18-19-35-30(21-25)32-22-26(44(4,5)6)23-33-31-20-24-12-7-8-13-27(24)40-37(31)45(47(35)38(32)33)34-16-11-15-29-39(34)46(40)41-28-14-9-10-17-36(28)48-42(29)41/h7-23H,1-6H3. The summed E-state index contributed by atoms with van der Waals surface area (Å²) >= 11 is 1.94. The molecule has 0 saturated heterocycles. The van der Waals surface area contributed by atoms with E-state index in [1.807, 2.05) is 11.3 Å². The van der Waals surface area contributed by atoms with Crippen molar-refractivity contribution in [1.82, 2.24) is 9.05 Å². The number of nitrogens with zero attached hydrogens (tertiary/aromatic N) is 2. The van der Waals surface area contributed by atoms with Crippen LogP contribution in [-0.4, -0.2) is 15.9 Å². The molecule has 0 atom stereocenters. The number of hydrogen-bond acceptors (Lipinski definition) is 1. The quantitative estimate of drug-likeness (QED) is 0.147. The molecular weight excluding hydrogens is 599 g/mol. The molecule has 0 saturated carbocycles. The Morgan fingerprint density at radius 1 is 0.562 bits per heavy atom. The van der Waals surface area contributed by atoms with Gasteiger partial charge in [0.1, 0.15) is 0 Å². The second-order valence-corrected chi connectivity index (χ2v) is 17.2. The lowest BCUT2D eigenvalue weighted by molar-refractivity contribution is 0.590. The zero-order chi connectivity index (χ0) is 32.4. The third kappa shape index (κ3) is 3.20. The van der Waals surface area contributed by atoms with Crippen LogP contribution in [0.5, 0.6) is 0 Å². The molecule has 2 aliphatic rings. The highest BCUT2D eigenvalue weighted by molar-refractivity contribution is 7.26. The van der Waals surface area contributed by atoms with Crippen LogP contribution in [0.25, 0.3) is 80.6 Å². The number of benzene rings is 6. The summed E-state index contributed by atoms with van der Waals surface area (Å²) < 4.78 is 8.12. The van der Waals surface area contributed by atoms with Crippen molar-refractivity contribution >= 4 is 92.9 Å². The van der Waals surface area contributed by atoms with E-state index in [0.29, 0.717) is 0 Å². The lowest BCUT2D eigenvalue weighted by Crippen LogP contribution is -2.55. The van der Waals surface area contributed by atoms with Crippen molar-refractivity contribution in [3.63, 3.8) is 0 Å². The fraction of sp³-hybridized carbons (Fsp3) is 0.182. The van der Waals surface area contributed by atoms with Crippen molar-refractivity contribution < 1.29 is 0 Å². The first-order chi connectivity index (χ1) is 23.1. The van der Waals surface area contributed by atoms with Crippen molar-refractivity contribution in [3.8, 4) is 16.8 Å². The lowest BCUT2D eigenvalue weighted by atomic mass is 9.45. The number of hydrogen-bond donors (Lipinski definition) is 0. The first-order valence-corrected chi connectivity index (χ1v) is 18.0. The number of thiophene rings is 1. The summed E-state index contributed by atoms with van der Waals surface area (Å²) in [5.41, 5.74) is 15.2. The van der Waals surface area contributed by atoms with E-state index < -0.39 is 0 Å². The third-order valence-electron chi connectivity index (χ3n) is 11.4. The van der Waals surface area contributed by atoms with Gasteiger partial charge in [-0.15, -0.1) is 11.3 Å². The molecule has 9 aromatic rings. The van der Waals surface area contributed by atoms with Gasteiger partial charge >= 0.3 is 6.85 Å². The van der Waals surface area contributed by atoms with Gasteiger partial charge in [0.2, 0.25) is 0 Å². The van der Waals surface area contributed by atoms with E-state index in [0.717, 1.165) is 0 Å². The smallest absolute Gasteiger partial charge is 0.333 e. The Bertz CT molecular complexity index is 2920. The number of fused-ring (bicyclic) bond motifs is 14. The molecule has 0 amide bonds. The summed E-state index contributed by atoms with van der Waals surface area (Å²) in [6.07, 6.45) is 0. The summed E-state index contributed by atoms with van der Waals surface area (Å²) in [5.74, 6) is 0. The maximum Gasteiger partial charge on any atom is 0.333 e. The van der Waals surface area contributed by atoms with Crippen LogP contribution < -0.4 is 10.9 Å². The molecule has 6 aromatic carbocycles. The van der Waals surface area contributed by atoms with Gasteiger partial charge in [-0.3, -0.25) is 0 Å². The van der Waals surface area contributed by atoms with Crippen LogP contribution in [0.4, 0.5) is 0 Å². The van der Waals surface area contributed by atoms with E-state index in [2.05, 4.69) is 154 Å². The summed E-state index contributed by atoms with van der Waals surface area (Å²) in [6, 6.07) is 39.9. The molecule has 230 valence electrons. The zero-order valence-corrected chi connectivity index (χ0v) is 29.0. The summed E-state index contributed by atoms with van der Waals surface area (Å²) in [7, 11) is 0. The molecule has 4 heteroatoms. The van der Waals surface area contributed by atoms with E-state index in [1.165, 1.54) is 103 Å². The van der Waals surface area contributed by atoms with E-state index in [-0.39, 0.29) is 17.7 Å². The van der Waals surface area contributed by atoms with Gasteiger partial charge in [-0.05, 0) is 80.2 Å². The van der Waals surface area contributed by atoms with E-state index in [1.54, 1.807) is 0 Å². The molecule has 0 fully saturated rings. The molecule has 0 spiro atoms. The topological polar surface area (TPSA) is 9.86 Å². The Labute approximate surface area is 284 Å². The van der Waals surface area contributed by atoms with Crippen molar-refractivity contribution in [1.29, 1.82) is 0 Å². The number of aromatic nitrogens is 2. The maximum absolute atomic E-state index is 2.72. The first kappa shape index (κ1) is 27.2. The van der Waals surface area contributed by atoms with Crippen molar-refractivity contribution in [2.75, 3.05) is 0 Å². The van der Waals surface area contributed by atoms with E-state index >= 15 is 0 Å². The third-order valence-corrected chi connectivity index (χ3v) is 12.6. The van der Waals surface area contributed by atoms with Gasteiger partial charge in [0.15, 0.2) is 0 Å². The molecule has 5 heterocycles. The number of para-hydroxylation sites is 1. The summed E-state index contributed by atoms with van der Waals surface area (Å²) in [5, 5.41) is 8.06. The van der Waals surface area contributed by atoms with Crippen LogP contribution >= 0.6 is 11.3 Å². The molecule has 0 radical (unpaired) electrons. The lowest BCUT2D eigenvalue weighted by Gasteiger charge is -2.35. The Kier molecular flexibility index (Phi) is 4.88. The Morgan fingerprint density at radius 2 is 1.29 bits per heavy atom.